The maximum absolute atomic E-state index is 12.1. The van der Waals surface area contributed by atoms with Crippen molar-refractivity contribution in [3.05, 3.63) is 23.8 Å². The molecule has 0 radical (unpaired) electrons. The van der Waals surface area contributed by atoms with Crippen LogP contribution in [0.25, 0.3) is 0 Å². The number of aliphatic hydroxyl groups excluding tert-OH is 1. The third kappa shape index (κ3) is 3.61. The summed E-state index contributed by atoms with van der Waals surface area (Å²) < 4.78 is 10.0. The Hall–Kier alpha value is -2.28. The molecule has 1 rings (SSSR count). The number of rotatable bonds is 6. The van der Waals surface area contributed by atoms with Crippen LogP contribution in [0.2, 0.25) is 0 Å². The van der Waals surface area contributed by atoms with Crippen LogP contribution in [-0.4, -0.2) is 48.5 Å². The van der Waals surface area contributed by atoms with Crippen LogP contribution < -0.4 is 14.8 Å². The van der Waals surface area contributed by atoms with E-state index in [1.54, 1.807) is 6.07 Å². The Bertz CT molecular complexity index is 500. The predicted molar refractivity (Wildman–Crippen MR) is 70.1 cm³/mol. The molecule has 1 amide bonds. The fourth-order valence-electron chi connectivity index (χ4n) is 1.60. The number of benzene rings is 1. The molecule has 7 nitrogen and oxygen atoms in total. The number of carbonyl (C=O) groups is 2. The predicted octanol–water partition coefficient (Wildman–Crippen LogP) is 0.268. The lowest BCUT2D eigenvalue weighted by Gasteiger charge is -2.18. The highest BCUT2D eigenvalue weighted by Crippen LogP contribution is 2.23. The number of hydrogen-bond acceptors (Lipinski definition) is 5. The average Bonchev–Trinajstić information content (AvgIpc) is 2.42. The summed E-state index contributed by atoms with van der Waals surface area (Å²) in [5, 5.41) is 20.5. The van der Waals surface area contributed by atoms with Crippen molar-refractivity contribution in [1.82, 2.24) is 5.32 Å². The molecule has 0 fully saturated rings. The molecule has 0 aliphatic rings. The fraction of sp³-hybridized carbons (Fsp3) is 0.385. The van der Waals surface area contributed by atoms with E-state index in [0.717, 1.165) is 0 Å². The number of carbonyl (C=O) groups excluding carboxylic acids is 1. The van der Waals surface area contributed by atoms with E-state index in [1.807, 2.05) is 0 Å². The highest BCUT2D eigenvalue weighted by atomic mass is 16.5. The van der Waals surface area contributed by atoms with Gasteiger partial charge in [-0.25, -0.2) is 4.79 Å². The topological polar surface area (TPSA) is 105 Å². The van der Waals surface area contributed by atoms with E-state index in [0.29, 0.717) is 5.75 Å². The smallest absolute Gasteiger partial charge is 0.328 e. The number of amides is 1. The number of methoxy groups -OCH3 is 2. The zero-order valence-corrected chi connectivity index (χ0v) is 11.4. The van der Waals surface area contributed by atoms with Gasteiger partial charge in [0.1, 0.15) is 11.5 Å². The van der Waals surface area contributed by atoms with Gasteiger partial charge in [0.2, 0.25) is 0 Å². The first kappa shape index (κ1) is 15.8. The highest BCUT2D eigenvalue weighted by molar-refractivity contribution is 5.99. The normalized spacial score (nSPS) is 13.2. The minimum absolute atomic E-state index is 0.124. The lowest BCUT2D eigenvalue weighted by Crippen LogP contribution is -2.47. The van der Waals surface area contributed by atoms with Gasteiger partial charge in [-0.3, -0.25) is 4.79 Å². The number of aliphatic hydroxyl groups is 1. The maximum Gasteiger partial charge on any atom is 0.328 e. The van der Waals surface area contributed by atoms with Gasteiger partial charge in [-0.1, -0.05) is 0 Å². The molecule has 0 bridgehead atoms. The lowest BCUT2D eigenvalue weighted by molar-refractivity contribution is -0.141. The van der Waals surface area contributed by atoms with Crippen LogP contribution in [-0.2, 0) is 4.79 Å². The second-order valence-electron chi connectivity index (χ2n) is 4.10. The molecule has 110 valence electrons. The van der Waals surface area contributed by atoms with Crippen LogP contribution in [0.15, 0.2) is 18.2 Å². The highest BCUT2D eigenvalue weighted by Gasteiger charge is 2.26. The quantitative estimate of drug-likeness (QED) is 0.692. The Morgan fingerprint density at radius 3 is 2.35 bits per heavy atom. The van der Waals surface area contributed by atoms with Crippen molar-refractivity contribution in [2.75, 3.05) is 14.2 Å². The van der Waals surface area contributed by atoms with Gasteiger partial charge in [-0.2, -0.15) is 0 Å². The SMILES string of the molecule is COc1ccc(OC)c(C(=O)NC(C(=O)O)C(C)O)c1. The van der Waals surface area contributed by atoms with Gasteiger partial charge in [0.15, 0.2) is 6.04 Å². The van der Waals surface area contributed by atoms with Crippen molar-refractivity contribution in [2.45, 2.75) is 19.1 Å². The van der Waals surface area contributed by atoms with Gasteiger partial charge in [0, 0.05) is 0 Å². The fourth-order valence-corrected chi connectivity index (χ4v) is 1.60. The summed E-state index contributed by atoms with van der Waals surface area (Å²) in [6.45, 7) is 1.28. The van der Waals surface area contributed by atoms with Crippen molar-refractivity contribution >= 4 is 11.9 Å². The van der Waals surface area contributed by atoms with E-state index in [2.05, 4.69) is 5.32 Å². The molecule has 0 saturated carbocycles. The van der Waals surface area contributed by atoms with E-state index in [4.69, 9.17) is 14.6 Å². The Balaban J connectivity index is 3.04. The molecule has 0 heterocycles. The number of hydrogen-bond donors (Lipinski definition) is 3. The second kappa shape index (κ2) is 6.76. The Labute approximate surface area is 116 Å². The number of carboxylic acids is 1. The number of nitrogens with one attached hydrogen (secondary N) is 1. The zero-order valence-electron chi connectivity index (χ0n) is 11.4. The molecule has 0 aliphatic carbocycles. The Morgan fingerprint density at radius 2 is 1.90 bits per heavy atom. The van der Waals surface area contributed by atoms with Crippen LogP contribution in [0.1, 0.15) is 17.3 Å². The average molecular weight is 283 g/mol. The molecule has 0 aliphatic heterocycles. The number of ether oxygens (including phenoxy) is 2. The molecule has 2 unspecified atom stereocenters. The van der Waals surface area contributed by atoms with Crippen LogP contribution in [0.5, 0.6) is 11.5 Å². The van der Waals surface area contributed by atoms with Gasteiger partial charge in [-0.15, -0.1) is 0 Å². The minimum Gasteiger partial charge on any atom is -0.497 e. The summed E-state index contributed by atoms with van der Waals surface area (Å²) in [6, 6.07) is 3.17. The summed E-state index contributed by atoms with van der Waals surface area (Å²) >= 11 is 0. The summed E-state index contributed by atoms with van der Waals surface area (Å²) in [5.41, 5.74) is 0.124. The first-order chi connectivity index (χ1) is 9.40. The summed E-state index contributed by atoms with van der Waals surface area (Å²) in [5.74, 6) is -1.29. The molecule has 1 aromatic rings. The maximum atomic E-state index is 12.1. The van der Waals surface area contributed by atoms with E-state index in [1.165, 1.54) is 33.3 Å². The van der Waals surface area contributed by atoms with Gasteiger partial charge < -0.3 is 25.0 Å². The molecule has 0 spiro atoms. The van der Waals surface area contributed by atoms with Gasteiger partial charge in [0.25, 0.3) is 5.91 Å². The van der Waals surface area contributed by atoms with E-state index in [9.17, 15) is 14.7 Å². The lowest BCUT2D eigenvalue weighted by atomic mass is 10.1. The molecular weight excluding hydrogens is 266 g/mol. The van der Waals surface area contributed by atoms with Gasteiger partial charge >= 0.3 is 5.97 Å². The summed E-state index contributed by atoms with van der Waals surface area (Å²) in [4.78, 5) is 23.0. The standard InChI is InChI=1S/C13H17NO6/c1-7(15)11(13(17)18)14-12(16)9-6-8(19-2)4-5-10(9)20-3/h4-7,11,15H,1-3H3,(H,14,16)(H,17,18). The monoisotopic (exact) mass is 283 g/mol. The van der Waals surface area contributed by atoms with Crippen LogP contribution in [0, 0.1) is 0 Å². The third-order valence-corrected chi connectivity index (χ3v) is 2.69. The van der Waals surface area contributed by atoms with Crippen molar-refractivity contribution < 1.29 is 29.3 Å². The molecule has 0 aromatic heterocycles. The largest absolute Gasteiger partial charge is 0.497 e. The van der Waals surface area contributed by atoms with Crippen LogP contribution in [0.4, 0.5) is 0 Å². The summed E-state index contributed by atoms with van der Waals surface area (Å²) in [7, 11) is 2.83. The molecule has 3 N–H and O–H groups in total. The van der Waals surface area contributed by atoms with E-state index < -0.39 is 24.0 Å². The molecular formula is C13H17NO6. The second-order valence-corrected chi connectivity index (χ2v) is 4.10. The molecule has 20 heavy (non-hydrogen) atoms. The first-order valence-electron chi connectivity index (χ1n) is 5.84. The van der Waals surface area contributed by atoms with E-state index in [-0.39, 0.29) is 11.3 Å². The minimum atomic E-state index is -1.40. The molecule has 0 saturated heterocycles. The van der Waals surface area contributed by atoms with Gasteiger partial charge in [-0.05, 0) is 25.1 Å². The van der Waals surface area contributed by atoms with Crippen LogP contribution in [0.3, 0.4) is 0 Å². The molecule has 7 heteroatoms. The first-order valence-corrected chi connectivity index (χ1v) is 5.84. The Morgan fingerprint density at radius 1 is 1.25 bits per heavy atom. The van der Waals surface area contributed by atoms with Crippen molar-refractivity contribution in [1.29, 1.82) is 0 Å². The molecule has 1 aromatic carbocycles. The Kier molecular flexibility index (Phi) is 5.33. The van der Waals surface area contributed by atoms with Crippen LogP contribution >= 0.6 is 0 Å². The van der Waals surface area contributed by atoms with Crippen molar-refractivity contribution in [3.8, 4) is 11.5 Å². The molecule has 2 atom stereocenters. The third-order valence-electron chi connectivity index (χ3n) is 2.69. The number of carboxylic acid groups (broad SMARTS) is 1. The van der Waals surface area contributed by atoms with Gasteiger partial charge in [0.05, 0.1) is 25.9 Å². The van der Waals surface area contributed by atoms with Crippen molar-refractivity contribution in [3.63, 3.8) is 0 Å². The number of aliphatic carboxylic acids is 1. The zero-order chi connectivity index (χ0) is 15.3. The van der Waals surface area contributed by atoms with E-state index >= 15 is 0 Å². The van der Waals surface area contributed by atoms with Crippen molar-refractivity contribution in [2.24, 2.45) is 0 Å². The summed E-state index contributed by atoms with van der Waals surface area (Å²) in [6.07, 6.45) is -1.23.